The molecule has 3 aliphatic rings. The molecule has 2 aromatic carbocycles. The first-order valence-corrected chi connectivity index (χ1v) is 14.8. The molecule has 0 atom stereocenters. The molecule has 2 aromatic rings. The number of halogens is 2. The quantitative estimate of drug-likeness (QED) is 0.324. The fraction of sp³-hybridized carbons (Fsp3) is 0.467. The summed E-state index contributed by atoms with van der Waals surface area (Å²) in [6.07, 6.45) is 13.3. The van der Waals surface area contributed by atoms with Crippen LogP contribution in [0.25, 0.3) is 6.08 Å². The molecule has 0 radical (unpaired) electrons. The zero-order valence-corrected chi connectivity index (χ0v) is 23.3. The predicted octanol–water partition coefficient (Wildman–Crippen LogP) is 8.00. The van der Waals surface area contributed by atoms with E-state index in [1.165, 1.54) is 49.6 Å². The van der Waals surface area contributed by atoms with Gasteiger partial charge in [-0.3, -0.25) is 14.7 Å². The Hall–Kier alpha value is -2.51. The molecule has 1 saturated heterocycles. The van der Waals surface area contributed by atoms with Crippen LogP contribution >= 0.6 is 23.4 Å². The van der Waals surface area contributed by atoms with E-state index in [0.717, 1.165) is 49.3 Å². The van der Waals surface area contributed by atoms with Crippen LogP contribution in [0.4, 0.5) is 4.39 Å². The number of ether oxygens (including phenoxy) is 2. The topological polar surface area (TPSA) is 51.1 Å². The minimum Gasteiger partial charge on any atom is -0.493 e. The molecule has 0 unspecified atom stereocenters. The molecule has 5 rings (SSSR count). The number of nitrogens with zero attached hydrogens (tertiary/aromatic N) is 2. The van der Waals surface area contributed by atoms with Crippen molar-refractivity contribution >= 4 is 40.5 Å². The SMILES string of the molecule is COc1cc(C=C2SC(=NC3CCCCC3)N(C3CCCCC3)C2=O)cc(Cl)c1OCc1cccc(F)c1. The van der Waals surface area contributed by atoms with Crippen molar-refractivity contribution in [1.29, 1.82) is 0 Å². The van der Waals surface area contributed by atoms with Gasteiger partial charge < -0.3 is 9.47 Å². The van der Waals surface area contributed by atoms with Gasteiger partial charge in [-0.25, -0.2) is 4.39 Å². The number of amidine groups is 1. The van der Waals surface area contributed by atoms with E-state index in [4.69, 9.17) is 26.1 Å². The van der Waals surface area contributed by atoms with Gasteiger partial charge in [0.1, 0.15) is 12.4 Å². The summed E-state index contributed by atoms with van der Waals surface area (Å²) in [7, 11) is 1.55. The van der Waals surface area contributed by atoms with Crippen LogP contribution in [0.1, 0.15) is 75.3 Å². The van der Waals surface area contributed by atoms with Crippen LogP contribution in [0.5, 0.6) is 11.5 Å². The Balaban J connectivity index is 1.40. The van der Waals surface area contributed by atoms with Gasteiger partial charge in [-0.2, -0.15) is 0 Å². The molecule has 1 amide bonds. The second-order valence-corrected chi connectivity index (χ2v) is 11.7. The van der Waals surface area contributed by atoms with Crippen molar-refractivity contribution in [3.8, 4) is 11.5 Å². The maximum atomic E-state index is 13.7. The van der Waals surface area contributed by atoms with Gasteiger partial charge in [-0.1, -0.05) is 62.3 Å². The van der Waals surface area contributed by atoms with Crippen molar-refractivity contribution in [2.24, 2.45) is 4.99 Å². The smallest absolute Gasteiger partial charge is 0.266 e. The number of hydrogen-bond acceptors (Lipinski definition) is 5. The van der Waals surface area contributed by atoms with E-state index in [0.29, 0.717) is 33.0 Å². The van der Waals surface area contributed by atoms with Crippen LogP contribution in [-0.4, -0.2) is 35.2 Å². The molecule has 1 aliphatic heterocycles. The van der Waals surface area contributed by atoms with E-state index >= 15 is 0 Å². The largest absolute Gasteiger partial charge is 0.493 e. The standard InChI is InChI=1S/C30H34ClFN2O3S/c1-36-26-17-21(16-25(31)28(26)37-19-20-9-8-10-22(32)15-20)18-27-29(35)34(24-13-6-3-7-14-24)30(38-27)33-23-11-4-2-5-12-23/h8-10,15-18,23-24H,2-7,11-14,19H2,1H3. The number of benzene rings is 2. The minimum atomic E-state index is -0.321. The molecule has 0 aromatic heterocycles. The number of methoxy groups -OCH3 is 1. The van der Waals surface area contributed by atoms with Crippen molar-refractivity contribution in [3.05, 3.63) is 63.3 Å². The van der Waals surface area contributed by atoms with Crippen LogP contribution in [0.3, 0.4) is 0 Å². The van der Waals surface area contributed by atoms with Gasteiger partial charge >= 0.3 is 0 Å². The van der Waals surface area contributed by atoms with Gasteiger partial charge in [-0.05, 0) is 78.9 Å². The average Bonchev–Trinajstić information content (AvgIpc) is 3.22. The van der Waals surface area contributed by atoms with E-state index < -0.39 is 0 Å². The molecule has 38 heavy (non-hydrogen) atoms. The van der Waals surface area contributed by atoms with Gasteiger partial charge in [0, 0.05) is 6.04 Å². The van der Waals surface area contributed by atoms with Crippen LogP contribution in [0.15, 0.2) is 46.3 Å². The van der Waals surface area contributed by atoms with Gasteiger partial charge in [0.2, 0.25) is 0 Å². The lowest BCUT2D eigenvalue weighted by molar-refractivity contribution is -0.124. The highest BCUT2D eigenvalue weighted by molar-refractivity contribution is 8.18. The molecule has 202 valence electrons. The monoisotopic (exact) mass is 556 g/mol. The number of aliphatic imine (C=N–C) groups is 1. The van der Waals surface area contributed by atoms with Crippen molar-refractivity contribution in [3.63, 3.8) is 0 Å². The molecule has 3 fully saturated rings. The lowest BCUT2D eigenvalue weighted by atomic mass is 9.94. The summed E-state index contributed by atoms with van der Waals surface area (Å²) in [6, 6.07) is 10.3. The molecular weight excluding hydrogens is 523 g/mol. The highest BCUT2D eigenvalue weighted by Gasteiger charge is 2.39. The van der Waals surface area contributed by atoms with Gasteiger partial charge in [0.15, 0.2) is 16.7 Å². The Morgan fingerprint density at radius 1 is 1.08 bits per heavy atom. The van der Waals surface area contributed by atoms with E-state index in [2.05, 4.69) is 0 Å². The number of rotatable bonds is 7. The summed E-state index contributed by atoms with van der Waals surface area (Å²) < 4.78 is 25.0. The fourth-order valence-corrected chi connectivity index (χ4v) is 6.88. The molecule has 2 saturated carbocycles. The molecule has 0 spiro atoms. The summed E-state index contributed by atoms with van der Waals surface area (Å²) in [5.74, 6) is 0.544. The highest BCUT2D eigenvalue weighted by Crippen LogP contribution is 2.41. The van der Waals surface area contributed by atoms with Crippen LogP contribution < -0.4 is 9.47 Å². The zero-order valence-electron chi connectivity index (χ0n) is 21.8. The second kappa shape index (κ2) is 12.6. The van der Waals surface area contributed by atoms with Crippen LogP contribution in [0.2, 0.25) is 5.02 Å². The first kappa shape index (κ1) is 27.1. The second-order valence-electron chi connectivity index (χ2n) is 10.2. The highest BCUT2D eigenvalue weighted by atomic mass is 35.5. The molecule has 2 aliphatic carbocycles. The third-order valence-corrected chi connectivity index (χ3v) is 8.74. The minimum absolute atomic E-state index is 0.0259. The van der Waals surface area contributed by atoms with E-state index in [1.54, 1.807) is 25.3 Å². The van der Waals surface area contributed by atoms with E-state index in [9.17, 15) is 9.18 Å². The first-order valence-electron chi connectivity index (χ1n) is 13.6. The average molecular weight is 557 g/mol. The Kier molecular flexibility index (Phi) is 8.95. The van der Waals surface area contributed by atoms with Crippen molar-refractivity contribution in [1.82, 2.24) is 4.90 Å². The number of hydrogen-bond donors (Lipinski definition) is 0. The number of thioether (sulfide) groups is 1. The normalized spacial score (nSPS) is 21.4. The maximum absolute atomic E-state index is 13.7. The van der Waals surface area contributed by atoms with Crippen LogP contribution in [0, 0.1) is 5.82 Å². The van der Waals surface area contributed by atoms with Gasteiger partial charge in [-0.15, -0.1) is 0 Å². The summed E-state index contributed by atoms with van der Waals surface area (Å²) >= 11 is 8.08. The number of carbonyl (C=O) groups excluding carboxylic acids is 1. The fourth-order valence-electron chi connectivity index (χ4n) is 5.50. The molecular formula is C30H34ClFN2O3S. The van der Waals surface area contributed by atoms with Gasteiger partial charge in [0.25, 0.3) is 5.91 Å². The number of carbonyl (C=O) groups is 1. The van der Waals surface area contributed by atoms with Crippen LogP contribution in [-0.2, 0) is 11.4 Å². The lowest BCUT2D eigenvalue weighted by Crippen LogP contribution is -2.41. The summed E-state index contributed by atoms with van der Waals surface area (Å²) in [6.45, 7) is 0.153. The first-order chi connectivity index (χ1) is 18.5. The molecule has 0 N–H and O–H groups in total. The Labute approximate surface area is 233 Å². The summed E-state index contributed by atoms with van der Waals surface area (Å²) in [4.78, 5) is 21.4. The maximum Gasteiger partial charge on any atom is 0.266 e. The third kappa shape index (κ3) is 6.37. The van der Waals surface area contributed by atoms with E-state index in [-0.39, 0.29) is 24.4 Å². The Bertz CT molecular complexity index is 1220. The molecule has 0 bridgehead atoms. The Morgan fingerprint density at radius 3 is 2.53 bits per heavy atom. The molecule has 8 heteroatoms. The van der Waals surface area contributed by atoms with Crippen molar-refractivity contribution in [2.75, 3.05) is 7.11 Å². The van der Waals surface area contributed by atoms with Crippen molar-refractivity contribution < 1.29 is 18.7 Å². The lowest BCUT2D eigenvalue weighted by Gasteiger charge is -2.31. The summed E-state index contributed by atoms with van der Waals surface area (Å²) in [5, 5.41) is 1.22. The van der Waals surface area contributed by atoms with E-state index in [1.807, 2.05) is 17.0 Å². The van der Waals surface area contributed by atoms with Gasteiger partial charge in [0.05, 0.1) is 23.1 Å². The molecule has 1 heterocycles. The predicted molar refractivity (Wildman–Crippen MR) is 152 cm³/mol. The molecule has 5 nitrogen and oxygen atoms in total. The van der Waals surface area contributed by atoms with Crippen molar-refractivity contribution in [2.45, 2.75) is 82.9 Å². The Morgan fingerprint density at radius 2 is 1.82 bits per heavy atom. The summed E-state index contributed by atoms with van der Waals surface area (Å²) in [5.41, 5.74) is 1.44. The number of amides is 1. The third-order valence-electron chi connectivity index (χ3n) is 7.47. The zero-order chi connectivity index (χ0) is 26.5.